The topological polar surface area (TPSA) is 105 Å². The van der Waals surface area contributed by atoms with Gasteiger partial charge in [-0.25, -0.2) is 4.79 Å². The highest BCUT2D eigenvalue weighted by Gasteiger charge is 2.18. The minimum absolute atomic E-state index is 0.0718. The summed E-state index contributed by atoms with van der Waals surface area (Å²) in [6, 6.07) is 14.6. The van der Waals surface area contributed by atoms with Crippen LogP contribution in [-0.4, -0.2) is 30.4 Å². The number of nitrogens with zero attached hydrogens (tertiary/aromatic N) is 1. The average Bonchev–Trinajstić information content (AvgIpc) is 2.67. The molecule has 7 nitrogen and oxygen atoms in total. The summed E-state index contributed by atoms with van der Waals surface area (Å²) in [6.07, 6.45) is -1.02. The summed E-state index contributed by atoms with van der Waals surface area (Å²) in [6.45, 7) is 2.53. The predicted molar refractivity (Wildman–Crippen MR) is 97.3 cm³/mol. The SMILES string of the molecule is CC(=O)c1ccc(NC(=O)[C@H](C)OC(=O)COc2ccc(C#N)cc2)cc1. The third-order valence-corrected chi connectivity index (χ3v) is 3.58. The number of hydrogen-bond donors (Lipinski definition) is 1. The van der Waals surface area contributed by atoms with Crippen molar-refractivity contribution in [3.8, 4) is 11.8 Å². The molecule has 0 aromatic heterocycles. The summed E-state index contributed by atoms with van der Waals surface area (Å²) < 4.78 is 10.3. The first kappa shape index (κ1) is 19.7. The number of rotatable bonds is 7. The molecule has 0 fully saturated rings. The van der Waals surface area contributed by atoms with E-state index in [0.717, 1.165) is 0 Å². The van der Waals surface area contributed by atoms with Crippen LogP contribution >= 0.6 is 0 Å². The van der Waals surface area contributed by atoms with Crippen LogP contribution in [0.25, 0.3) is 0 Å². The van der Waals surface area contributed by atoms with Crippen molar-refractivity contribution in [2.24, 2.45) is 0 Å². The van der Waals surface area contributed by atoms with Crippen LogP contribution < -0.4 is 10.1 Å². The maximum atomic E-state index is 12.1. The molecule has 1 amide bonds. The molecule has 0 saturated heterocycles. The summed E-state index contributed by atoms with van der Waals surface area (Å²) >= 11 is 0. The van der Waals surface area contributed by atoms with Crippen molar-refractivity contribution in [1.82, 2.24) is 0 Å². The lowest BCUT2D eigenvalue weighted by Gasteiger charge is -2.14. The Kier molecular flexibility index (Phi) is 6.67. The van der Waals surface area contributed by atoms with Crippen molar-refractivity contribution in [2.45, 2.75) is 20.0 Å². The average molecular weight is 366 g/mol. The number of hydrogen-bond acceptors (Lipinski definition) is 6. The van der Waals surface area contributed by atoms with Crippen molar-refractivity contribution in [1.29, 1.82) is 5.26 Å². The number of benzene rings is 2. The zero-order valence-electron chi connectivity index (χ0n) is 14.9. The Hall–Kier alpha value is -3.66. The fourth-order valence-corrected chi connectivity index (χ4v) is 2.08. The van der Waals surface area contributed by atoms with Gasteiger partial charge < -0.3 is 14.8 Å². The third-order valence-electron chi connectivity index (χ3n) is 3.58. The largest absolute Gasteiger partial charge is 0.482 e. The minimum Gasteiger partial charge on any atom is -0.482 e. The number of Topliss-reactive ketones (excluding diaryl/α,β-unsaturated/α-hetero) is 1. The lowest BCUT2D eigenvalue weighted by Crippen LogP contribution is -2.31. The van der Waals surface area contributed by atoms with Gasteiger partial charge >= 0.3 is 5.97 Å². The molecule has 2 aromatic carbocycles. The Balaban J connectivity index is 1.81. The lowest BCUT2D eigenvalue weighted by molar-refractivity contribution is -0.155. The van der Waals surface area contributed by atoms with E-state index >= 15 is 0 Å². The fourth-order valence-electron chi connectivity index (χ4n) is 2.08. The number of anilines is 1. The van der Waals surface area contributed by atoms with E-state index in [1.165, 1.54) is 13.8 Å². The third kappa shape index (κ3) is 5.97. The molecule has 0 saturated carbocycles. The van der Waals surface area contributed by atoms with Gasteiger partial charge in [0.2, 0.25) is 0 Å². The normalized spacial score (nSPS) is 11.0. The van der Waals surface area contributed by atoms with Gasteiger partial charge in [-0.1, -0.05) is 0 Å². The molecule has 0 aliphatic heterocycles. The van der Waals surface area contributed by atoms with Gasteiger partial charge in [0.15, 0.2) is 18.5 Å². The number of nitrogens with one attached hydrogen (secondary N) is 1. The quantitative estimate of drug-likeness (QED) is 0.597. The number of esters is 1. The van der Waals surface area contributed by atoms with Gasteiger partial charge in [-0.05, 0) is 62.4 Å². The molecule has 1 N–H and O–H groups in total. The molecule has 0 aliphatic rings. The number of amides is 1. The van der Waals surface area contributed by atoms with Gasteiger partial charge in [0, 0.05) is 11.3 Å². The van der Waals surface area contributed by atoms with Crippen molar-refractivity contribution in [3.05, 3.63) is 59.7 Å². The van der Waals surface area contributed by atoms with Crippen LogP contribution in [0.1, 0.15) is 29.8 Å². The second-order valence-corrected chi connectivity index (χ2v) is 5.68. The molecule has 2 rings (SSSR count). The smallest absolute Gasteiger partial charge is 0.344 e. The van der Waals surface area contributed by atoms with Crippen molar-refractivity contribution >= 4 is 23.3 Å². The van der Waals surface area contributed by atoms with Crippen LogP contribution in [-0.2, 0) is 14.3 Å². The zero-order chi connectivity index (χ0) is 19.8. The number of ketones is 1. The first-order chi connectivity index (χ1) is 12.9. The van der Waals surface area contributed by atoms with Gasteiger partial charge in [-0.3, -0.25) is 9.59 Å². The molecule has 27 heavy (non-hydrogen) atoms. The summed E-state index contributed by atoms with van der Waals surface area (Å²) in [5, 5.41) is 11.3. The molecule has 0 bridgehead atoms. The van der Waals surface area contributed by atoms with Gasteiger partial charge in [0.05, 0.1) is 11.6 Å². The highest BCUT2D eigenvalue weighted by atomic mass is 16.6. The number of ether oxygens (including phenoxy) is 2. The van der Waals surface area contributed by atoms with E-state index in [1.54, 1.807) is 48.5 Å². The first-order valence-electron chi connectivity index (χ1n) is 8.13. The number of carbonyl (C=O) groups is 3. The predicted octanol–water partition coefficient (Wildman–Crippen LogP) is 2.71. The Bertz CT molecular complexity index is 867. The van der Waals surface area contributed by atoms with Crippen LogP contribution in [0.2, 0.25) is 0 Å². The molecular formula is C20H18N2O5. The monoisotopic (exact) mass is 366 g/mol. The summed E-state index contributed by atoms with van der Waals surface area (Å²) in [7, 11) is 0. The molecule has 2 aromatic rings. The van der Waals surface area contributed by atoms with Crippen LogP contribution in [0.3, 0.4) is 0 Å². The Morgan fingerprint density at radius 1 is 1.07 bits per heavy atom. The van der Waals surface area contributed by atoms with E-state index in [-0.39, 0.29) is 12.4 Å². The second kappa shape index (κ2) is 9.15. The van der Waals surface area contributed by atoms with Crippen LogP contribution in [0.15, 0.2) is 48.5 Å². The van der Waals surface area contributed by atoms with Crippen LogP contribution in [0.5, 0.6) is 5.75 Å². The second-order valence-electron chi connectivity index (χ2n) is 5.68. The number of nitriles is 1. The Morgan fingerprint density at radius 3 is 2.26 bits per heavy atom. The van der Waals surface area contributed by atoms with E-state index in [0.29, 0.717) is 22.6 Å². The van der Waals surface area contributed by atoms with E-state index in [2.05, 4.69) is 5.32 Å². The van der Waals surface area contributed by atoms with E-state index in [1.807, 2.05) is 6.07 Å². The van der Waals surface area contributed by atoms with Gasteiger partial charge in [-0.2, -0.15) is 5.26 Å². The Morgan fingerprint density at radius 2 is 1.70 bits per heavy atom. The minimum atomic E-state index is -1.02. The highest BCUT2D eigenvalue weighted by molar-refractivity contribution is 5.97. The standard InChI is InChI=1S/C20H18N2O5/c1-13(23)16-5-7-17(8-6-16)22-20(25)14(2)27-19(24)12-26-18-9-3-15(11-21)4-10-18/h3-10,14H,12H2,1-2H3,(H,22,25)/t14-/m0/s1. The zero-order valence-corrected chi connectivity index (χ0v) is 14.9. The molecule has 0 radical (unpaired) electrons. The molecule has 0 spiro atoms. The molecule has 0 unspecified atom stereocenters. The summed E-state index contributed by atoms with van der Waals surface area (Å²) in [5.74, 6) is -0.864. The van der Waals surface area contributed by atoms with Gasteiger partial charge in [0.1, 0.15) is 5.75 Å². The fraction of sp³-hybridized carbons (Fsp3) is 0.200. The lowest BCUT2D eigenvalue weighted by atomic mass is 10.1. The maximum absolute atomic E-state index is 12.1. The summed E-state index contributed by atoms with van der Waals surface area (Å²) in [4.78, 5) is 35.1. The first-order valence-corrected chi connectivity index (χ1v) is 8.13. The molecule has 1 atom stereocenters. The number of carbonyl (C=O) groups excluding carboxylic acids is 3. The van der Waals surface area contributed by atoms with E-state index in [4.69, 9.17) is 14.7 Å². The highest BCUT2D eigenvalue weighted by Crippen LogP contribution is 2.13. The molecule has 0 heterocycles. The van der Waals surface area contributed by atoms with Gasteiger partial charge in [0.25, 0.3) is 5.91 Å². The van der Waals surface area contributed by atoms with Crippen molar-refractivity contribution in [3.63, 3.8) is 0 Å². The van der Waals surface area contributed by atoms with Crippen molar-refractivity contribution in [2.75, 3.05) is 11.9 Å². The van der Waals surface area contributed by atoms with Crippen LogP contribution in [0, 0.1) is 11.3 Å². The van der Waals surface area contributed by atoms with E-state index < -0.39 is 18.0 Å². The molecule has 7 heteroatoms. The summed E-state index contributed by atoms with van der Waals surface area (Å²) in [5.41, 5.74) is 1.50. The molecule has 138 valence electrons. The molecule has 0 aliphatic carbocycles. The molecular weight excluding hydrogens is 348 g/mol. The Labute approximate surface area is 156 Å². The van der Waals surface area contributed by atoms with E-state index in [9.17, 15) is 14.4 Å². The van der Waals surface area contributed by atoms with Gasteiger partial charge in [-0.15, -0.1) is 0 Å². The van der Waals surface area contributed by atoms with Crippen LogP contribution in [0.4, 0.5) is 5.69 Å². The maximum Gasteiger partial charge on any atom is 0.344 e. The van der Waals surface area contributed by atoms with Crippen molar-refractivity contribution < 1.29 is 23.9 Å².